The molecule has 2 N–H and O–H groups in total. The maximum absolute atomic E-state index is 12.5. The summed E-state index contributed by atoms with van der Waals surface area (Å²) in [6.07, 6.45) is 2.75. The van der Waals surface area contributed by atoms with Crippen LogP contribution in [0, 0.1) is 0 Å². The number of anilines is 1. The van der Waals surface area contributed by atoms with Gasteiger partial charge in [-0.2, -0.15) is 0 Å². The van der Waals surface area contributed by atoms with E-state index in [0.29, 0.717) is 10.6 Å². The maximum atomic E-state index is 12.5. The van der Waals surface area contributed by atoms with E-state index in [-0.39, 0.29) is 11.4 Å². The molecule has 3 nitrogen and oxygen atoms in total. The minimum absolute atomic E-state index is 0.0719. The number of hydrogen-bond donors (Lipinski definition) is 2. The van der Waals surface area contributed by atoms with Crippen LogP contribution >= 0.6 is 11.6 Å². The highest BCUT2D eigenvalue weighted by Crippen LogP contribution is 2.24. The summed E-state index contributed by atoms with van der Waals surface area (Å²) >= 11 is 5.98. The van der Waals surface area contributed by atoms with Crippen LogP contribution in [0.25, 0.3) is 0 Å². The van der Waals surface area contributed by atoms with Crippen LogP contribution < -0.4 is 10.6 Å². The molecule has 0 saturated carbocycles. The summed E-state index contributed by atoms with van der Waals surface area (Å²) < 4.78 is 0. The van der Waals surface area contributed by atoms with Gasteiger partial charge in [-0.1, -0.05) is 32.4 Å². The van der Waals surface area contributed by atoms with Gasteiger partial charge in [0.15, 0.2) is 0 Å². The highest BCUT2D eigenvalue weighted by Gasteiger charge is 2.27. The molecule has 0 aromatic heterocycles. The lowest BCUT2D eigenvalue weighted by atomic mass is 9.89. The standard InChI is InChI=1S/C15H23ClN2O/c1-5-15(6-2,7-3)18-14(19)12-10-11(16)8-9-13(12)17-4/h8-10,17H,5-7H2,1-4H3,(H,18,19). The summed E-state index contributed by atoms with van der Waals surface area (Å²) in [6, 6.07) is 5.30. The Morgan fingerprint density at radius 3 is 2.26 bits per heavy atom. The second-order valence-corrected chi connectivity index (χ2v) is 5.17. The first-order valence-electron chi connectivity index (χ1n) is 6.81. The van der Waals surface area contributed by atoms with Gasteiger partial charge in [-0.15, -0.1) is 0 Å². The van der Waals surface area contributed by atoms with Crippen molar-refractivity contribution in [2.24, 2.45) is 0 Å². The molecule has 1 rings (SSSR count). The molecule has 0 bridgehead atoms. The number of hydrogen-bond acceptors (Lipinski definition) is 2. The second kappa shape index (κ2) is 6.80. The lowest BCUT2D eigenvalue weighted by molar-refractivity contribution is 0.0889. The molecule has 19 heavy (non-hydrogen) atoms. The van der Waals surface area contributed by atoms with E-state index in [9.17, 15) is 4.79 Å². The SMILES string of the molecule is CCC(CC)(CC)NC(=O)c1cc(Cl)ccc1NC. The second-order valence-electron chi connectivity index (χ2n) is 4.74. The van der Waals surface area contributed by atoms with E-state index in [2.05, 4.69) is 31.4 Å². The van der Waals surface area contributed by atoms with Crippen molar-refractivity contribution in [2.45, 2.75) is 45.6 Å². The third kappa shape index (κ3) is 3.63. The highest BCUT2D eigenvalue weighted by molar-refractivity contribution is 6.31. The molecule has 1 amide bonds. The number of rotatable bonds is 6. The molecule has 1 aromatic carbocycles. The largest absolute Gasteiger partial charge is 0.387 e. The van der Waals surface area contributed by atoms with E-state index in [0.717, 1.165) is 24.9 Å². The monoisotopic (exact) mass is 282 g/mol. The van der Waals surface area contributed by atoms with Gasteiger partial charge in [-0.05, 0) is 37.5 Å². The summed E-state index contributed by atoms with van der Waals surface area (Å²) in [7, 11) is 1.80. The van der Waals surface area contributed by atoms with Crippen LogP contribution in [0.5, 0.6) is 0 Å². The van der Waals surface area contributed by atoms with Gasteiger partial charge < -0.3 is 10.6 Å². The number of benzene rings is 1. The van der Waals surface area contributed by atoms with Gasteiger partial charge in [0.25, 0.3) is 5.91 Å². The molecule has 1 aromatic rings. The van der Waals surface area contributed by atoms with E-state index in [1.54, 1.807) is 19.2 Å². The average Bonchev–Trinajstić information content (AvgIpc) is 2.44. The smallest absolute Gasteiger partial charge is 0.253 e. The zero-order valence-corrected chi connectivity index (χ0v) is 12.9. The van der Waals surface area contributed by atoms with E-state index < -0.39 is 0 Å². The molecule has 106 valence electrons. The Labute approximate surface area is 120 Å². The molecular weight excluding hydrogens is 260 g/mol. The fourth-order valence-electron chi connectivity index (χ4n) is 2.25. The van der Waals surface area contributed by atoms with Crippen molar-refractivity contribution in [1.29, 1.82) is 0 Å². The Bertz CT molecular complexity index is 434. The lowest BCUT2D eigenvalue weighted by Gasteiger charge is -2.32. The van der Waals surface area contributed by atoms with Crippen LogP contribution in [0.1, 0.15) is 50.4 Å². The summed E-state index contributed by atoms with van der Waals surface area (Å²) in [5.74, 6) is -0.0719. The molecular formula is C15H23ClN2O. The fourth-order valence-corrected chi connectivity index (χ4v) is 2.42. The Balaban J connectivity index is 3.03. The molecule has 0 heterocycles. The maximum Gasteiger partial charge on any atom is 0.253 e. The Hall–Kier alpha value is -1.22. The van der Waals surface area contributed by atoms with Gasteiger partial charge in [-0.3, -0.25) is 4.79 Å². The Kier molecular flexibility index (Phi) is 5.67. The van der Waals surface area contributed by atoms with Crippen molar-refractivity contribution in [3.8, 4) is 0 Å². The summed E-state index contributed by atoms with van der Waals surface area (Å²) in [5.41, 5.74) is 1.25. The van der Waals surface area contributed by atoms with Gasteiger partial charge in [0.2, 0.25) is 0 Å². The van der Waals surface area contributed by atoms with E-state index >= 15 is 0 Å². The topological polar surface area (TPSA) is 41.1 Å². The van der Waals surface area contributed by atoms with Crippen LogP contribution in [0.2, 0.25) is 5.02 Å². The average molecular weight is 283 g/mol. The molecule has 0 fully saturated rings. The lowest BCUT2D eigenvalue weighted by Crippen LogP contribution is -2.47. The number of carbonyl (C=O) groups excluding carboxylic acids is 1. The first-order chi connectivity index (χ1) is 9.01. The minimum atomic E-state index is -0.135. The van der Waals surface area contributed by atoms with E-state index in [4.69, 9.17) is 11.6 Å². The molecule has 0 aliphatic carbocycles. The van der Waals surface area contributed by atoms with Crippen molar-refractivity contribution in [1.82, 2.24) is 5.32 Å². The van der Waals surface area contributed by atoms with Gasteiger partial charge >= 0.3 is 0 Å². The van der Waals surface area contributed by atoms with Crippen LogP contribution in [-0.4, -0.2) is 18.5 Å². The van der Waals surface area contributed by atoms with E-state index in [1.807, 2.05) is 6.07 Å². The molecule has 0 spiro atoms. The molecule has 0 aliphatic heterocycles. The van der Waals surface area contributed by atoms with Gasteiger partial charge in [0, 0.05) is 23.3 Å². The van der Waals surface area contributed by atoms with Crippen LogP contribution in [0.4, 0.5) is 5.69 Å². The molecule has 0 aliphatic rings. The van der Waals surface area contributed by atoms with Gasteiger partial charge in [0.1, 0.15) is 0 Å². The number of amides is 1. The highest BCUT2D eigenvalue weighted by atomic mass is 35.5. The summed E-state index contributed by atoms with van der Waals surface area (Å²) in [4.78, 5) is 12.5. The van der Waals surface area contributed by atoms with Crippen LogP contribution in [-0.2, 0) is 0 Å². The van der Waals surface area contributed by atoms with E-state index in [1.165, 1.54) is 0 Å². The zero-order chi connectivity index (χ0) is 14.5. The first-order valence-corrected chi connectivity index (χ1v) is 7.19. The van der Waals surface area contributed by atoms with Crippen LogP contribution in [0.3, 0.4) is 0 Å². The number of nitrogens with one attached hydrogen (secondary N) is 2. The number of halogens is 1. The molecule has 4 heteroatoms. The normalized spacial score (nSPS) is 11.2. The third-order valence-electron chi connectivity index (χ3n) is 3.90. The van der Waals surface area contributed by atoms with Crippen molar-refractivity contribution in [2.75, 3.05) is 12.4 Å². The minimum Gasteiger partial charge on any atom is -0.387 e. The number of carbonyl (C=O) groups is 1. The van der Waals surface area contributed by atoms with Crippen molar-refractivity contribution in [3.63, 3.8) is 0 Å². The van der Waals surface area contributed by atoms with Gasteiger partial charge in [-0.25, -0.2) is 0 Å². The molecule has 0 saturated heterocycles. The van der Waals surface area contributed by atoms with Crippen molar-refractivity contribution in [3.05, 3.63) is 28.8 Å². The summed E-state index contributed by atoms with van der Waals surface area (Å²) in [5, 5.41) is 6.75. The van der Waals surface area contributed by atoms with Gasteiger partial charge in [0.05, 0.1) is 5.56 Å². The third-order valence-corrected chi connectivity index (χ3v) is 4.14. The summed E-state index contributed by atoms with van der Waals surface area (Å²) in [6.45, 7) is 6.30. The van der Waals surface area contributed by atoms with Crippen molar-refractivity contribution >= 4 is 23.2 Å². The van der Waals surface area contributed by atoms with Crippen molar-refractivity contribution < 1.29 is 4.79 Å². The first kappa shape index (κ1) is 15.8. The Morgan fingerprint density at radius 2 is 1.79 bits per heavy atom. The fraction of sp³-hybridized carbons (Fsp3) is 0.533. The zero-order valence-electron chi connectivity index (χ0n) is 12.1. The molecule has 0 atom stereocenters. The molecule has 0 unspecified atom stereocenters. The Morgan fingerprint density at radius 1 is 1.21 bits per heavy atom. The van der Waals surface area contributed by atoms with Crippen LogP contribution in [0.15, 0.2) is 18.2 Å². The molecule has 0 radical (unpaired) electrons. The predicted octanol–water partition coefficient (Wildman–Crippen LogP) is 4.08. The quantitative estimate of drug-likeness (QED) is 0.825. The predicted molar refractivity (Wildman–Crippen MR) is 82.1 cm³/mol.